The number of benzene rings is 2. The third-order valence-corrected chi connectivity index (χ3v) is 5.02. The number of hydrogen-bond donors (Lipinski definition) is 1. The maximum Gasteiger partial charge on any atom is 0.228 e. The average Bonchev–Trinajstić information content (AvgIpc) is 2.69. The Morgan fingerprint density at radius 3 is 2.64 bits per heavy atom. The Kier molecular flexibility index (Phi) is 7.03. The molecule has 3 rings (SSSR count). The molecular formula is C21H24BrNO5. The largest absolute Gasteiger partial charge is 0.497 e. The lowest BCUT2D eigenvalue weighted by molar-refractivity contribution is -0.115. The summed E-state index contributed by atoms with van der Waals surface area (Å²) in [4.78, 5) is 12.7. The van der Waals surface area contributed by atoms with Crippen LogP contribution < -0.4 is 24.3 Å². The van der Waals surface area contributed by atoms with E-state index >= 15 is 0 Å². The molecule has 0 saturated heterocycles. The Bertz CT molecular complexity index is 840. The minimum Gasteiger partial charge on any atom is -0.497 e. The molecule has 1 aliphatic rings. The summed E-state index contributed by atoms with van der Waals surface area (Å²) in [7, 11) is 1.59. The highest BCUT2D eigenvalue weighted by Crippen LogP contribution is 2.36. The van der Waals surface area contributed by atoms with E-state index in [-0.39, 0.29) is 12.3 Å². The summed E-state index contributed by atoms with van der Waals surface area (Å²) in [6.07, 6.45) is 2.17. The van der Waals surface area contributed by atoms with Gasteiger partial charge < -0.3 is 24.3 Å². The van der Waals surface area contributed by atoms with Crippen molar-refractivity contribution in [1.82, 2.24) is 0 Å². The van der Waals surface area contributed by atoms with E-state index in [9.17, 15) is 4.79 Å². The fraction of sp³-hybridized carbons (Fsp3) is 0.381. The summed E-state index contributed by atoms with van der Waals surface area (Å²) in [6, 6.07) is 9.06. The Labute approximate surface area is 173 Å². The molecule has 0 saturated carbocycles. The molecule has 0 fully saturated rings. The molecule has 0 radical (unpaired) electrons. The van der Waals surface area contributed by atoms with Crippen LogP contribution in [0.1, 0.15) is 25.3 Å². The highest BCUT2D eigenvalue weighted by Gasteiger charge is 2.17. The summed E-state index contributed by atoms with van der Waals surface area (Å²) in [5, 5.41) is 2.93. The van der Waals surface area contributed by atoms with Gasteiger partial charge in [0, 0.05) is 10.5 Å². The van der Waals surface area contributed by atoms with Crippen LogP contribution in [-0.4, -0.2) is 32.8 Å². The zero-order valence-corrected chi connectivity index (χ0v) is 17.6. The molecular weight excluding hydrogens is 426 g/mol. The third-order valence-electron chi connectivity index (χ3n) is 4.28. The Morgan fingerprint density at radius 2 is 1.93 bits per heavy atom. The zero-order chi connectivity index (χ0) is 19.9. The van der Waals surface area contributed by atoms with Crippen molar-refractivity contribution in [1.29, 1.82) is 0 Å². The Morgan fingerprint density at radius 1 is 1.18 bits per heavy atom. The molecule has 1 heterocycles. The number of rotatable bonds is 8. The average molecular weight is 450 g/mol. The van der Waals surface area contributed by atoms with Gasteiger partial charge in [0.15, 0.2) is 11.5 Å². The molecule has 0 bridgehead atoms. The van der Waals surface area contributed by atoms with Crippen LogP contribution in [-0.2, 0) is 11.2 Å². The van der Waals surface area contributed by atoms with Crippen molar-refractivity contribution in [3.05, 3.63) is 40.4 Å². The normalized spacial score (nSPS) is 12.4. The summed E-state index contributed by atoms with van der Waals surface area (Å²) < 4.78 is 23.1. The van der Waals surface area contributed by atoms with Crippen LogP contribution in [0.15, 0.2) is 34.8 Å². The van der Waals surface area contributed by atoms with E-state index in [0.717, 1.165) is 22.9 Å². The van der Waals surface area contributed by atoms with E-state index in [1.54, 1.807) is 13.2 Å². The molecule has 0 atom stereocenters. The number of carbonyl (C=O) groups is 1. The number of methoxy groups -OCH3 is 1. The van der Waals surface area contributed by atoms with Crippen molar-refractivity contribution in [2.24, 2.45) is 0 Å². The van der Waals surface area contributed by atoms with Crippen LogP contribution in [0, 0.1) is 0 Å². The van der Waals surface area contributed by atoms with Gasteiger partial charge in [-0.25, -0.2) is 0 Å². The van der Waals surface area contributed by atoms with E-state index in [4.69, 9.17) is 18.9 Å². The molecule has 1 N–H and O–H groups in total. The molecule has 0 spiro atoms. The maximum atomic E-state index is 12.7. The van der Waals surface area contributed by atoms with Gasteiger partial charge in [-0.05, 0) is 36.2 Å². The van der Waals surface area contributed by atoms with E-state index in [1.807, 2.05) is 24.3 Å². The molecule has 2 aromatic rings. The predicted octanol–water partition coefficient (Wildman–Crippen LogP) is 4.59. The van der Waals surface area contributed by atoms with Gasteiger partial charge in [-0.1, -0.05) is 29.3 Å². The molecule has 1 amide bonds. The van der Waals surface area contributed by atoms with E-state index < -0.39 is 0 Å². The quantitative estimate of drug-likeness (QED) is 0.596. The maximum absolute atomic E-state index is 12.7. The van der Waals surface area contributed by atoms with Gasteiger partial charge in [-0.3, -0.25) is 4.79 Å². The number of hydrogen-bond acceptors (Lipinski definition) is 5. The van der Waals surface area contributed by atoms with Gasteiger partial charge in [-0.2, -0.15) is 0 Å². The first-order valence-corrected chi connectivity index (χ1v) is 10.1. The summed E-state index contributed by atoms with van der Waals surface area (Å²) in [5.74, 6) is 2.46. The number of amides is 1. The monoisotopic (exact) mass is 449 g/mol. The Hall–Kier alpha value is -2.41. The first-order valence-electron chi connectivity index (χ1n) is 9.29. The zero-order valence-electron chi connectivity index (χ0n) is 16.0. The number of fused-ring (bicyclic) bond motifs is 1. The van der Waals surface area contributed by atoms with Crippen molar-refractivity contribution in [3.63, 3.8) is 0 Å². The molecule has 6 nitrogen and oxygen atoms in total. The molecule has 7 heteroatoms. The van der Waals surface area contributed by atoms with Gasteiger partial charge in [-0.15, -0.1) is 0 Å². The first-order chi connectivity index (χ1) is 13.6. The number of carbonyl (C=O) groups excluding carboxylic acids is 1. The molecule has 0 unspecified atom stereocenters. The summed E-state index contributed by atoms with van der Waals surface area (Å²) in [6.45, 7) is 3.73. The van der Waals surface area contributed by atoms with Crippen LogP contribution in [0.2, 0.25) is 0 Å². The SMILES string of the molecule is CCCCOc1ccc(OC)cc1NC(=O)Cc1cc2c(cc1Br)OCCO2. The van der Waals surface area contributed by atoms with Crippen molar-refractivity contribution in [3.8, 4) is 23.0 Å². The fourth-order valence-corrected chi connectivity index (χ4v) is 3.26. The number of ether oxygens (including phenoxy) is 4. The van der Waals surface area contributed by atoms with E-state index in [0.29, 0.717) is 48.5 Å². The van der Waals surface area contributed by atoms with Crippen LogP contribution >= 0.6 is 15.9 Å². The lowest BCUT2D eigenvalue weighted by atomic mass is 10.1. The number of halogens is 1. The molecule has 0 aromatic heterocycles. The predicted molar refractivity (Wildman–Crippen MR) is 111 cm³/mol. The van der Waals surface area contributed by atoms with Crippen molar-refractivity contribution < 1.29 is 23.7 Å². The second-order valence-electron chi connectivity index (χ2n) is 6.38. The van der Waals surface area contributed by atoms with Gasteiger partial charge in [0.05, 0.1) is 25.8 Å². The molecule has 28 heavy (non-hydrogen) atoms. The summed E-state index contributed by atoms with van der Waals surface area (Å²) in [5.41, 5.74) is 1.41. The lowest BCUT2D eigenvalue weighted by Crippen LogP contribution is -2.18. The fourth-order valence-electron chi connectivity index (χ4n) is 2.80. The smallest absolute Gasteiger partial charge is 0.228 e. The van der Waals surface area contributed by atoms with Crippen LogP contribution in [0.3, 0.4) is 0 Å². The highest BCUT2D eigenvalue weighted by molar-refractivity contribution is 9.10. The molecule has 1 aliphatic heterocycles. The lowest BCUT2D eigenvalue weighted by Gasteiger charge is -2.20. The summed E-state index contributed by atoms with van der Waals surface area (Å²) >= 11 is 3.51. The van der Waals surface area contributed by atoms with Crippen LogP contribution in [0.5, 0.6) is 23.0 Å². The second kappa shape index (κ2) is 9.68. The highest BCUT2D eigenvalue weighted by atomic mass is 79.9. The van der Waals surface area contributed by atoms with Gasteiger partial charge in [0.2, 0.25) is 5.91 Å². The van der Waals surface area contributed by atoms with Crippen molar-refractivity contribution >= 4 is 27.5 Å². The minimum absolute atomic E-state index is 0.161. The van der Waals surface area contributed by atoms with Gasteiger partial charge in [0.25, 0.3) is 0 Å². The standard InChI is InChI=1S/C21H24BrNO5/c1-3-4-7-26-18-6-5-15(25-2)12-17(18)23-21(24)11-14-10-19-20(13-16(14)22)28-9-8-27-19/h5-6,10,12-13H,3-4,7-9,11H2,1-2H3,(H,23,24). The van der Waals surface area contributed by atoms with E-state index in [2.05, 4.69) is 28.2 Å². The van der Waals surface area contributed by atoms with Crippen LogP contribution in [0.4, 0.5) is 5.69 Å². The second-order valence-corrected chi connectivity index (χ2v) is 7.23. The van der Waals surface area contributed by atoms with Crippen molar-refractivity contribution in [2.45, 2.75) is 26.2 Å². The Balaban J connectivity index is 1.73. The third kappa shape index (κ3) is 5.10. The minimum atomic E-state index is -0.161. The topological polar surface area (TPSA) is 66.0 Å². The van der Waals surface area contributed by atoms with Crippen LogP contribution in [0.25, 0.3) is 0 Å². The number of nitrogens with one attached hydrogen (secondary N) is 1. The van der Waals surface area contributed by atoms with Crippen molar-refractivity contribution in [2.75, 3.05) is 32.2 Å². The van der Waals surface area contributed by atoms with Gasteiger partial charge >= 0.3 is 0 Å². The van der Waals surface area contributed by atoms with Gasteiger partial charge in [0.1, 0.15) is 24.7 Å². The molecule has 0 aliphatic carbocycles. The van der Waals surface area contributed by atoms with E-state index in [1.165, 1.54) is 0 Å². The molecule has 2 aromatic carbocycles. The number of anilines is 1. The first kappa shape index (κ1) is 20.3. The molecule has 150 valence electrons. The number of unbranched alkanes of at least 4 members (excludes halogenated alkanes) is 1.